The molecule has 0 heterocycles. The minimum Gasteiger partial charge on any atom is -0.462 e. The zero-order valence-corrected chi connectivity index (χ0v) is 43.9. The molecule has 0 saturated heterocycles. The maximum absolute atomic E-state index is 12.8. The minimum absolute atomic E-state index is 0.101. The Kier molecular flexibility index (Phi) is 52.4. The molecule has 0 rings (SSSR count). The van der Waals surface area contributed by atoms with Crippen molar-refractivity contribution in [3.8, 4) is 0 Å². The summed E-state index contributed by atoms with van der Waals surface area (Å²) < 4.78 is 16.8. The lowest BCUT2D eigenvalue weighted by Crippen LogP contribution is -2.30. The van der Waals surface area contributed by atoms with Gasteiger partial charge < -0.3 is 14.2 Å². The molecule has 6 nitrogen and oxygen atoms in total. The summed E-state index contributed by atoms with van der Waals surface area (Å²) in [4.78, 5) is 38.1. The molecule has 0 aromatic rings. The molecule has 384 valence electrons. The van der Waals surface area contributed by atoms with Crippen molar-refractivity contribution in [1.82, 2.24) is 0 Å². The van der Waals surface area contributed by atoms with Crippen LogP contribution in [0.15, 0.2) is 85.1 Å². The Morgan fingerprint density at radius 2 is 0.597 bits per heavy atom. The van der Waals surface area contributed by atoms with E-state index in [1.165, 1.54) is 116 Å². The summed E-state index contributed by atoms with van der Waals surface area (Å²) in [6.07, 6.45) is 71.5. The third kappa shape index (κ3) is 53.4. The topological polar surface area (TPSA) is 78.9 Å². The second-order valence-electron chi connectivity index (χ2n) is 18.5. The highest BCUT2D eigenvalue weighted by molar-refractivity contribution is 5.71. The predicted molar refractivity (Wildman–Crippen MR) is 288 cm³/mol. The lowest BCUT2D eigenvalue weighted by Gasteiger charge is -2.18. The molecule has 0 spiro atoms. The molecule has 67 heavy (non-hydrogen) atoms. The summed E-state index contributed by atoms with van der Waals surface area (Å²) in [6, 6.07) is 0. The Labute approximate surface area is 414 Å². The van der Waals surface area contributed by atoms with E-state index in [0.717, 1.165) is 103 Å². The van der Waals surface area contributed by atoms with Crippen molar-refractivity contribution in [2.24, 2.45) is 0 Å². The van der Waals surface area contributed by atoms with Crippen LogP contribution in [0.25, 0.3) is 0 Å². The number of ether oxygens (including phenoxy) is 3. The number of allylic oxidation sites excluding steroid dienone is 14. The van der Waals surface area contributed by atoms with Crippen molar-refractivity contribution in [1.29, 1.82) is 0 Å². The first-order chi connectivity index (χ1) is 33.0. The summed E-state index contributed by atoms with van der Waals surface area (Å²) in [5.74, 6) is -0.968. The van der Waals surface area contributed by atoms with Gasteiger partial charge in [0.2, 0.25) is 0 Å². The van der Waals surface area contributed by atoms with Crippen molar-refractivity contribution in [3.63, 3.8) is 0 Å². The Morgan fingerprint density at radius 3 is 1.00 bits per heavy atom. The van der Waals surface area contributed by atoms with Gasteiger partial charge in [0.1, 0.15) is 13.2 Å². The summed E-state index contributed by atoms with van der Waals surface area (Å²) in [5, 5.41) is 0. The minimum atomic E-state index is -0.804. The smallest absolute Gasteiger partial charge is 0.306 e. The van der Waals surface area contributed by atoms with Crippen molar-refractivity contribution >= 4 is 17.9 Å². The summed E-state index contributed by atoms with van der Waals surface area (Å²) in [7, 11) is 0. The monoisotopic (exact) mass is 933 g/mol. The summed E-state index contributed by atoms with van der Waals surface area (Å²) >= 11 is 0. The lowest BCUT2D eigenvalue weighted by molar-refractivity contribution is -0.167. The van der Waals surface area contributed by atoms with E-state index >= 15 is 0 Å². The molecule has 0 fully saturated rings. The van der Waals surface area contributed by atoms with Gasteiger partial charge in [0, 0.05) is 19.3 Å². The normalized spacial score (nSPS) is 12.7. The van der Waals surface area contributed by atoms with Crippen LogP contribution in [-0.4, -0.2) is 37.2 Å². The molecule has 1 atom stereocenters. The molecule has 0 unspecified atom stereocenters. The van der Waals surface area contributed by atoms with Crippen LogP contribution in [0.5, 0.6) is 0 Å². The molecule has 0 aromatic heterocycles. The van der Waals surface area contributed by atoms with E-state index in [-0.39, 0.29) is 37.5 Å². The summed E-state index contributed by atoms with van der Waals surface area (Å²) in [5.41, 5.74) is 0. The number of hydrogen-bond donors (Lipinski definition) is 0. The Bertz CT molecular complexity index is 1300. The zero-order valence-electron chi connectivity index (χ0n) is 43.9. The standard InChI is InChI=1S/C61H104O6/c1-4-7-10-13-16-19-22-25-28-30-33-36-39-42-45-48-51-54-60(63)66-57-58(56-65-59(62)53-50-47-44-41-38-35-32-27-24-21-18-15-12-9-6-3)67-61(64)55-52-49-46-43-40-37-34-31-29-26-23-20-17-14-11-8-5-2/h9,12,16,18-19,21,25,27-28,32-33,36,42,45,58H,4-8,10-11,13-15,17,20,22-24,26,29-31,34-35,37-41,43-44,46-57H2,1-3H3/b12-9-,19-16-,21-18-,28-25-,32-27-,36-33-,45-42-/t58-/m1/s1. The third-order valence-corrected chi connectivity index (χ3v) is 11.9. The highest BCUT2D eigenvalue weighted by Gasteiger charge is 2.19. The molecule has 0 N–H and O–H groups in total. The highest BCUT2D eigenvalue weighted by Crippen LogP contribution is 2.16. The lowest BCUT2D eigenvalue weighted by atomic mass is 10.0. The van der Waals surface area contributed by atoms with Crippen LogP contribution in [0.1, 0.15) is 265 Å². The van der Waals surface area contributed by atoms with Gasteiger partial charge in [-0.3, -0.25) is 14.4 Å². The molecule has 6 heteroatoms. The van der Waals surface area contributed by atoms with Crippen LogP contribution in [0.4, 0.5) is 0 Å². The summed E-state index contributed by atoms with van der Waals surface area (Å²) in [6.45, 7) is 6.45. The van der Waals surface area contributed by atoms with Gasteiger partial charge in [-0.1, -0.05) is 241 Å². The molecule has 0 radical (unpaired) electrons. The fourth-order valence-corrected chi connectivity index (χ4v) is 7.68. The largest absolute Gasteiger partial charge is 0.462 e. The van der Waals surface area contributed by atoms with Gasteiger partial charge in [-0.15, -0.1) is 0 Å². The van der Waals surface area contributed by atoms with Crippen LogP contribution in [0.2, 0.25) is 0 Å². The Balaban J connectivity index is 4.48. The van der Waals surface area contributed by atoms with E-state index in [1.807, 2.05) is 0 Å². The zero-order chi connectivity index (χ0) is 48.6. The van der Waals surface area contributed by atoms with Crippen molar-refractivity contribution in [2.45, 2.75) is 271 Å². The van der Waals surface area contributed by atoms with E-state index < -0.39 is 6.10 Å². The average Bonchev–Trinajstić information content (AvgIpc) is 3.33. The maximum atomic E-state index is 12.8. The molecule has 0 aliphatic carbocycles. The quantitative estimate of drug-likeness (QED) is 0.0262. The van der Waals surface area contributed by atoms with Gasteiger partial charge in [0.05, 0.1) is 0 Å². The SMILES string of the molecule is CC/C=C\C/C=C\C/C=C\CCCCCCCC(=O)OC[C@H](COC(=O)CCC/C=C\C/C=C\C/C=C\C/C=C\CCCCC)OC(=O)CCCCCCCCCCCCCCCCCCC. The molecule has 0 saturated carbocycles. The maximum Gasteiger partial charge on any atom is 0.306 e. The second kappa shape index (κ2) is 55.2. The van der Waals surface area contributed by atoms with Gasteiger partial charge in [-0.2, -0.15) is 0 Å². The molecule has 0 aromatic carbocycles. The fourth-order valence-electron chi connectivity index (χ4n) is 7.68. The first-order valence-electron chi connectivity index (χ1n) is 28.1. The molecular weight excluding hydrogens is 829 g/mol. The number of carbonyl (C=O) groups excluding carboxylic acids is 3. The van der Waals surface area contributed by atoms with E-state index in [2.05, 4.69) is 106 Å². The van der Waals surface area contributed by atoms with Crippen molar-refractivity contribution in [2.75, 3.05) is 13.2 Å². The van der Waals surface area contributed by atoms with Crippen LogP contribution >= 0.6 is 0 Å². The second-order valence-corrected chi connectivity index (χ2v) is 18.5. The first kappa shape index (κ1) is 63.6. The van der Waals surface area contributed by atoms with Gasteiger partial charge >= 0.3 is 17.9 Å². The number of unbranched alkanes of at least 4 members (excludes halogenated alkanes) is 25. The molecular formula is C61H104O6. The number of rotatable bonds is 50. The number of carbonyl (C=O) groups is 3. The fraction of sp³-hybridized carbons (Fsp3) is 0.721. The van der Waals surface area contributed by atoms with Crippen LogP contribution < -0.4 is 0 Å². The number of hydrogen-bond acceptors (Lipinski definition) is 6. The van der Waals surface area contributed by atoms with Gasteiger partial charge in [0.25, 0.3) is 0 Å². The van der Waals surface area contributed by atoms with Gasteiger partial charge in [0.15, 0.2) is 6.10 Å². The van der Waals surface area contributed by atoms with E-state index in [9.17, 15) is 14.4 Å². The van der Waals surface area contributed by atoms with E-state index in [4.69, 9.17) is 14.2 Å². The third-order valence-electron chi connectivity index (χ3n) is 11.9. The Hall–Kier alpha value is -3.41. The van der Waals surface area contributed by atoms with Crippen molar-refractivity contribution < 1.29 is 28.6 Å². The van der Waals surface area contributed by atoms with Gasteiger partial charge in [-0.25, -0.2) is 0 Å². The average molecular weight is 933 g/mol. The molecule has 0 aliphatic heterocycles. The van der Waals surface area contributed by atoms with E-state index in [1.54, 1.807) is 0 Å². The van der Waals surface area contributed by atoms with Crippen molar-refractivity contribution in [3.05, 3.63) is 85.1 Å². The van der Waals surface area contributed by atoms with Crippen LogP contribution in [-0.2, 0) is 28.6 Å². The van der Waals surface area contributed by atoms with E-state index in [0.29, 0.717) is 19.3 Å². The highest BCUT2D eigenvalue weighted by atomic mass is 16.6. The molecule has 0 aliphatic rings. The molecule has 0 bridgehead atoms. The van der Waals surface area contributed by atoms with Crippen LogP contribution in [0.3, 0.4) is 0 Å². The first-order valence-corrected chi connectivity index (χ1v) is 28.1. The predicted octanol–water partition coefficient (Wildman–Crippen LogP) is 18.8. The van der Waals surface area contributed by atoms with Crippen LogP contribution in [0, 0.1) is 0 Å². The van der Waals surface area contributed by atoms with Gasteiger partial charge in [-0.05, 0) is 89.9 Å². The Morgan fingerprint density at radius 1 is 0.313 bits per heavy atom. The molecule has 0 amide bonds. The number of esters is 3.